The van der Waals surface area contributed by atoms with E-state index in [2.05, 4.69) is 136 Å². The van der Waals surface area contributed by atoms with E-state index in [0.29, 0.717) is 0 Å². The van der Waals surface area contributed by atoms with Crippen LogP contribution in [0, 0.1) is 41.5 Å². The molecule has 38 heavy (non-hydrogen) atoms. The summed E-state index contributed by atoms with van der Waals surface area (Å²) < 4.78 is 0. The number of nitrogens with zero attached hydrogens (tertiary/aromatic N) is 4. The standard InChI is InChI=1S/C34H38N4/c1-23-15-19-29(20-16-23)33(35-31-25(3)11-9-12-26(31)4)38(37(7)8)34(30-21-17-24(2)18-22-30)36-32-27(5)13-10-14-28(32)6/h9-22H,1-8H3. The Morgan fingerprint density at radius 1 is 0.474 bits per heavy atom. The third-order valence-electron chi connectivity index (χ3n) is 6.74. The van der Waals surface area contributed by atoms with Crippen molar-refractivity contribution in [1.82, 2.24) is 10.0 Å². The number of para-hydroxylation sites is 2. The van der Waals surface area contributed by atoms with Crippen LogP contribution in [0.4, 0.5) is 11.4 Å². The molecular weight excluding hydrogens is 464 g/mol. The molecule has 194 valence electrons. The van der Waals surface area contributed by atoms with Gasteiger partial charge in [-0.05, 0) is 63.8 Å². The number of aliphatic imine (C=N–C) groups is 2. The van der Waals surface area contributed by atoms with Crippen LogP contribution in [-0.4, -0.2) is 35.8 Å². The van der Waals surface area contributed by atoms with Crippen LogP contribution in [0.2, 0.25) is 0 Å². The molecule has 0 N–H and O–H groups in total. The van der Waals surface area contributed by atoms with Gasteiger partial charge >= 0.3 is 0 Å². The zero-order valence-corrected chi connectivity index (χ0v) is 23.9. The summed E-state index contributed by atoms with van der Waals surface area (Å²) in [5, 5.41) is 4.20. The second-order valence-electron chi connectivity index (χ2n) is 10.2. The summed E-state index contributed by atoms with van der Waals surface area (Å²) in [6, 6.07) is 29.7. The van der Waals surface area contributed by atoms with Crippen LogP contribution in [0.3, 0.4) is 0 Å². The van der Waals surface area contributed by atoms with Crippen LogP contribution in [-0.2, 0) is 0 Å². The summed E-state index contributed by atoms with van der Waals surface area (Å²) in [5.74, 6) is 1.64. The number of benzene rings is 4. The normalized spacial score (nSPS) is 12.2. The van der Waals surface area contributed by atoms with E-state index in [1.807, 2.05) is 14.1 Å². The Labute approximate surface area is 228 Å². The molecule has 4 aromatic carbocycles. The van der Waals surface area contributed by atoms with E-state index in [0.717, 1.165) is 56.4 Å². The molecule has 0 amide bonds. The van der Waals surface area contributed by atoms with Gasteiger partial charge < -0.3 is 0 Å². The summed E-state index contributed by atoms with van der Waals surface area (Å²) in [4.78, 5) is 10.7. The van der Waals surface area contributed by atoms with Crippen LogP contribution >= 0.6 is 0 Å². The molecule has 0 aliphatic carbocycles. The highest BCUT2D eigenvalue weighted by molar-refractivity contribution is 6.15. The van der Waals surface area contributed by atoms with Gasteiger partial charge in [0.25, 0.3) is 0 Å². The van der Waals surface area contributed by atoms with Crippen molar-refractivity contribution in [3.05, 3.63) is 129 Å². The maximum absolute atomic E-state index is 5.35. The number of rotatable bonds is 5. The van der Waals surface area contributed by atoms with E-state index in [4.69, 9.17) is 9.98 Å². The second kappa shape index (κ2) is 11.6. The fourth-order valence-corrected chi connectivity index (χ4v) is 4.53. The summed E-state index contributed by atoms with van der Waals surface area (Å²) in [7, 11) is 4.09. The van der Waals surface area contributed by atoms with E-state index in [-0.39, 0.29) is 0 Å². The number of hydrogen-bond donors (Lipinski definition) is 0. The molecule has 0 unspecified atom stereocenters. The van der Waals surface area contributed by atoms with Crippen molar-refractivity contribution in [3.63, 3.8) is 0 Å². The first-order valence-electron chi connectivity index (χ1n) is 13.1. The van der Waals surface area contributed by atoms with Gasteiger partial charge in [0.15, 0.2) is 11.7 Å². The molecule has 0 radical (unpaired) electrons. The van der Waals surface area contributed by atoms with Gasteiger partial charge in [-0.15, -0.1) is 0 Å². The molecular formula is C34H38N4. The Morgan fingerprint density at radius 2 is 0.789 bits per heavy atom. The van der Waals surface area contributed by atoms with Crippen LogP contribution in [0.15, 0.2) is 94.9 Å². The molecule has 0 heterocycles. The number of amidine groups is 2. The predicted octanol–water partition coefficient (Wildman–Crippen LogP) is 8.17. The second-order valence-corrected chi connectivity index (χ2v) is 10.2. The third-order valence-corrected chi connectivity index (χ3v) is 6.74. The SMILES string of the molecule is Cc1ccc(C(=Nc2c(C)cccc2C)N(C(=Nc2c(C)cccc2C)c2ccc(C)cc2)N(C)C)cc1. The highest BCUT2D eigenvalue weighted by Crippen LogP contribution is 2.29. The summed E-state index contributed by atoms with van der Waals surface area (Å²) in [6.45, 7) is 12.7. The molecule has 0 fully saturated rings. The highest BCUT2D eigenvalue weighted by atomic mass is 15.6. The first-order chi connectivity index (χ1) is 18.2. The maximum atomic E-state index is 5.35. The quantitative estimate of drug-likeness (QED) is 0.157. The predicted molar refractivity (Wildman–Crippen MR) is 162 cm³/mol. The Kier molecular flexibility index (Phi) is 8.23. The molecule has 4 heteroatoms. The van der Waals surface area contributed by atoms with Gasteiger partial charge in [0.1, 0.15) is 0 Å². The lowest BCUT2D eigenvalue weighted by atomic mass is 10.1. The molecule has 0 spiro atoms. The molecule has 0 saturated heterocycles. The van der Waals surface area contributed by atoms with Crippen LogP contribution in [0.1, 0.15) is 44.5 Å². The lowest BCUT2D eigenvalue weighted by Crippen LogP contribution is -2.47. The molecule has 0 bridgehead atoms. The molecule has 4 nitrogen and oxygen atoms in total. The Bertz CT molecular complexity index is 1320. The lowest BCUT2D eigenvalue weighted by Gasteiger charge is -2.33. The molecule has 4 rings (SSSR count). The van der Waals surface area contributed by atoms with E-state index < -0.39 is 0 Å². The summed E-state index contributed by atoms with van der Waals surface area (Å²) in [6.07, 6.45) is 0. The fraction of sp³-hybridized carbons (Fsp3) is 0.235. The van der Waals surface area contributed by atoms with Crippen LogP contribution in [0.25, 0.3) is 0 Å². The smallest absolute Gasteiger partial charge is 0.157 e. The maximum Gasteiger partial charge on any atom is 0.157 e. The van der Waals surface area contributed by atoms with Gasteiger partial charge in [-0.1, -0.05) is 96.1 Å². The van der Waals surface area contributed by atoms with Crippen molar-refractivity contribution in [2.75, 3.05) is 14.1 Å². The first kappa shape index (κ1) is 27.0. The topological polar surface area (TPSA) is 31.2 Å². The van der Waals surface area contributed by atoms with Crippen molar-refractivity contribution in [3.8, 4) is 0 Å². The van der Waals surface area contributed by atoms with Crippen molar-refractivity contribution in [1.29, 1.82) is 0 Å². The monoisotopic (exact) mass is 502 g/mol. The van der Waals surface area contributed by atoms with Gasteiger partial charge in [0, 0.05) is 25.2 Å². The van der Waals surface area contributed by atoms with Gasteiger partial charge in [0.2, 0.25) is 0 Å². The van der Waals surface area contributed by atoms with Gasteiger partial charge in [0.05, 0.1) is 11.4 Å². The number of aryl methyl sites for hydroxylation is 6. The average Bonchev–Trinajstić information content (AvgIpc) is 2.87. The Hall–Kier alpha value is -4.02. The van der Waals surface area contributed by atoms with E-state index in [9.17, 15) is 0 Å². The Morgan fingerprint density at radius 3 is 1.08 bits per heavy atom. The van der Waals surface area contributed by atoms with Gasteiger partial charge in [-0.3, -0.25) is 0 Å². The molecule has 0 atom stereocenters. The van der Waals surface area contributed by atoms with Gasteiger partial charge in [-0.2, -0.15) is 0 Å². The van der Waals surface area contributed by atoms with Crippen molar-refractivity contribution >= 4 is 23.0 Å². The zero-order valence-electron chi connectivity index (χ0n) is 23.9. The fourth-order valence-electron chi connectivity index (χ4n) is 4.53. The van der Waals surface area contributed by atoms with E-state index in [1.165, 1.54) is 11.1 Å². The summed E-state index contributed by atoms with van der Waals surface area (Å²) in [5.41, 5.74) is 11.0. The van der Waals surface area contributed by atoms with Crippen LogP contribution < -0.4 is 0 Å². The van der Waals surface area contributed by atoms with Gasteiger partial charge in [-0.25, -0.2) is 20.0 Å². The molecule has 4 aromatic rings. The molecule has 0 aliphatic rings. The van der Waals surface area contributed by atoms with E-state index in [1.54, 1.807) is 0 Å². The zero-order chi connectivity index (χ0) is 27.4. The van der Waals surface area contributed by atoms with Crippen molar-refractivity contribution < 1.29 is 0 Å². The minimum Gasteiger partial charge on any atom is -0.238 e. The van der Waals surface area contributed by atoms with Crippen molar-refractivity contribution in [2.24, 2.45) is 9.98 Å². The molecule has 0 aliphatic heterocycles. The lowest BCUT2D eigenvalue weighted by molar-refractivity contribution is 0.199. The molecule has 0 aromatic heterocycles. The minimum atomic E-state index is 0.818. The molecule has 0 saturated carbocycles. The average molecular weight is 503 g/mol. The first-order valence-corrected chi connectivity index (χ1v) is 13.1. The number of hydrazine groups is 1. The van der Waals surface area contributed by atoms with Crippen LogP contribution in [0.5, 0.6) is 0 Å². The largest absolute Gasteiger partial charge is 0.238 e. The highest BCUT2D eigenvalue weighted by Gasteiger charge is 2.25. The third kappa shape index (κ3) is 5.92. The number of hydrogen-bond acceptors (Lipinski definition) is 3. The van der Waals surface area contributed by atoms with E-state index >= 15 is 0 Å². The Balaban J connectivity index is 2.05. The minimum absolute atomic E-state index is 0.818. The summed E-state index contributed by atoms with van der Waals surface area (Å²) >= 11 is 0. The van der Waals surface area contributed by atoms with Crippen molar-refractivity contribution in [2.45, 2.75) is 41.5 Å².